The Morgan fingerprint density at radius 3 is 2.53 bits per heavy atom. The molecule has 0 aromatic heterocycles. The van der Waals surface area contributed by atoms with E-state index in [2.05, 4.69) is 17.6 Å². The average molecular weight is 238 g/mol. The highest BCUT2D eigenvalue weighted by Crippen LogP contribution is 2.26. The average Bonchev–Trinajstić information content (AvgIpc) is 2.64. The number of hydrogen-bond acceptors (Lipinski definition) is 2. The van der Waals surface area contributed by atoms with Gasteiger partial charge in [-0.2, -0.15) is 0 Å². The Hall–Kier alpha value is -0.570. The second-order valence-electron chi connectivity index (χ2n) is 5.68. The molecule has 0 saturated carbocycles. The van der Waals surface area contributed by atoms with E-state index in [1.165, 1.54) is 32.1 Å². The van der Waals surface area contributed by atoms with Crippen molar-refractivity contribution in [2.75, 3.05) is 0 Å². The highest BCUT2D eigenvalue weighted by Gasteiger charge is 2.33. The van der Waals surface area contributed by atoms with Crippen LogP contribution < -0.4 is 10.6 Å². The van der Waals surface area contributed by atoms with Crippen LogP contribution in [0.3, 0.4) is 0 Å². The second-order valence-corrected chi connectivity index (χ2v) is 5.68. The molecule has 0 aromatic carbocycles. The normalized spacial score (nSPS) is 31.5. The van der Waals surface area contributed by atoms with Crippen molar-refractivity contribution in [3.05, 3.63) is 0 Å². The summed E-state index contributed by atoms with van der Waals surface area (Å²) in [6, 6.07) is 1.77. The van der Waals surface area contributed by atoms with Gasteiger partial charge >= 0.3 is 0 Å². The van der Waals surface area contributed by atoms with E-state index in [1.807, 2.05) is 0 Å². The van der Waals surface area contributed by atoms with Crippen molar-refractivity contribution in [2.45, 2.75) is 82.8 Å². The fourth-order valence-electron chi connectivity index (χ4n) is 3.19. The third kappa shape index (κ3) is 3.98. The van der Waals surface area contributed by atoms with Crippen LogP contribution in [-0.4, -0.2) is 24.0 Å². The van der Waals surface area contributed by atoms with Gasteiger partial charge in [-0.05, 0) is 32.1 Å². The Kier molecular flexibility index (Phi) is 4.84. The maximum absolute atomic E-state index is 11.8. The van der Waals surface area contributed by atoms with Crippen LogP contribution in [0.1, 0.15) is 64.7 Å². The Morgan fingerprint density at radius 1 is 1.18 bits per heavy atom. The van der Waals surface area contributed by atoms with Crippen molar-refractivity contribution in [2.24, 2.45) is 0 Å². The van der Waals surface area contributed by atoms with Crippen LogP contribution in [0.25, 0.3) is 0 Å². The number of unbranched alkanes of at least 4 members (excludes halogenated alkanes) is 3. The smallest absolute Gasteiger partial charge is 0.220 e. The van der Waals surface area contributed by atoms with Gasteiger partial charge in [0.2, 0.25) is 5.91 Å². The lowest BCUT2D eigenvalue weighted by Gasteiger charge is -2.29. The molecule has 2 aliphatic heterocycles. The number of nitrogens with one attached hydrogen (secondary N) is 2. The quantitative estimate of drug-likeness (QED) is 0.697. The summed E-state index contributed by atoms with van der Waals surface area (Å²) < 4.78 is 0. The first kappa shape index (κ1) is 12.9. The molecule has 2 saturated heterocycles. The van der Waals surface area contributed by atoms with Crippen molar-refractivity contribution in [3.63, 3.8) is 0 Å². The zero-order valence-electron chi connectivity index (χ0n) is 11.0. The van der Waals surface area contributed by atoms with Gasteiger partial charge in [-0.1, -0.05) is 26.2 Å². The first-order valence-electron chi connectivity index (χ1n) is 7.33. The molecule has 2 bridgehead atoms. The summed E-state index contributed by atoms with van der Waals surface area (Å²) in [5.74, 6) is 0.271. The van der Waals surface area contributed by atoms with Gasteiger partial charge in [-0.25, -0.2) is 0 Å². The number of fused-ring (bicyclic) bond motifs is 2. The molecule has 2 N–H and O–H groups in total. The van der Waals surface area contributed by atoms with Crippen molar-refractivity contribution in [1.82, 2.24) is 10.6 Å². The number of hydrogen-bond donors (Lipinski definition) is 2. The molecule has 2 rings (SSSR count). The van der Waals surface area contributed by atoms with Crippen LogP contribution in [0.5, 0.6) is 0 Å². The molecule has 2 atom stereocenters. The Bertz CT molecular complexity index is 243. The minimum Gasteiger partial charge on any atom is -0.353 e. The molecule has 0 aromatic rings. The maximum atomic E-state index is 11.8. The standard InChI is InChI=1S/C14H26N2O/c1-2-3-4-5-6-14(17)16-13-9-11-7-8-12(10-13)15-11/h11-13,15H,2-10H2,1H3,(H,16,17). The zero-order chi connectivity index (χ0) is 12.1. The molecule has 3 nitrogen and oxygen atoms in total. The predicted octanol–water partition coefficient (Wildman–Crippen LogP) is 2.36. The molecule has 2 fully saturated rings. The lowest BCUT2D eigenvalue weighted by Crippen LogP contribution is -2.47. The van der Waals surface area contributed by atoms with Gasteiger partial charge in [-0.3, -0.25) is 4.79 Å². The Labute approximate surface area is 105 Å². The summed E-state index contributed by atoms with van der Waals surface area (Å²) in [5, 5.41) is 6.82. The molecule has 17 heavy (non-hydrogen) atoms. The summed E-state index contributed by atoms with van der Waals surface area (Å²) in [4.78, 5) is 11.8. The third-order valence-electron chi connectivity index (χ3n) is 4.10. The van der Waals surface area contributed by atoms with E-state index in [1.54, 1.807) is 0 Å². The van der Waals surface area contributed by atoms with Crippen LogP contribution in [-0.2, 0) is 4.79 Å². The Morgan fingerprint density at radius 2 is 1.88 bits per heavy atom. The van der Waals surface area contributed by atoms with E-state index in [-0.39, 0.29) is 5.91 Å². The van der Waals surface area contributed by atoms with Gasteiger partial charge in [0.15, 0.2) is 0 Å². The number of rotatable bonds is 6. The third-order valence-corrected chi connectivity index (χ3v) is 4.10. The fourth-order valence-corrected chi connectivity index (χ4v) is 3.19. The van der Waals surface area contributed by atoms with Gasteiger partial charge in [0.05, 0.1) is 0 Å². The highest BCUT2D eigenvalue weighted by atomic mass is 16.1. The predicted molar refractivity (Wildman–Crippen MR) is 69.9 cm³/mol. The molecule has 0 spiro atoms. The van der Waals surface area contributed by atoms with Crippen LogP contribution in [0, 0.1) is 0 Å². The largest absolute Gasteiger partial charge is 0.353 e. The zero-order valence-corrected chi connectivity index (χ0v) is 11.0. The van der Waals surface area contributed by atoms with Gasteiger partial charge in [-0.15, -0.1) is 0 Å². The molecule has 0 radical (unpaired) electrons. The monoisotopic (exact) mass is 238 g/mol. The number of piperidine rings is 1. The molecular formula is C14H26N2O. The first-order chi connectivity index (χ1) is 8.28. The van der Waals surface area contributed by atoms with E-state index in [9.17, 15) is 4.79 Å². The molecule has 1 amide bonds. The molecule has 98 valence electrons. The molecule has 2 aliphatic rings. The summed E-state index contributed by atoms with van der Waals surface area (Å²) in [6.45, 7) is 2.20. The van der Waals surface area contributed by atoms with Crippen LogP contribution in [0.4, 0.5) is 0 Å². The van der Waals surface area contributed by atoms with Crippen molar-refractivity contribution in [1.29, 1.82) is 0 Å². The van der Waals surface area contributed by atoms with Crippen LogP contribution >= 0.6 is 0 Å². The van der Waals surface area contributed by atoms with Crippen molar-refractivity contribution >= 4 is 5.91 Å². The fraction of sp³-hybridized carbons (Fsp3) is 0.929. The number of amides is 1. The summed E-state index contributed by atoms with van der Waals surface area (Å²) in [5.41, 5.74) is 0. The van der Waals surface area contributed by atoms with E-state index < -0.39 is 0 Å². The summed E-state index contributed by atoms with van der Waals surface area (Å²) in [6.07, 6.45) is 10.3. The lowest BCUT2D eigenvalue weighted by molar-refractivity contribution is -0.122. The topological polar surface area (TPSA) is 41.1 Å². The van der Waals surface area contributed by atoms with Gasteiger partial charge in [0.1, 0.15) is 0 Å². The van der Waals surface area contributed by atoms with Crippen LogP contribution in [0.15, 0.2) is 0 Å². The Balaban J connectivity index is 1.61. The highest BCUT2D eigenvalue weighted by molar-refractivity contribution is 5.76. The van der Waals surface area contributed by atoms with E-state index >= 15 is 0 Å². The molecular weight excluding hydrogens is 212 g/mol. The summed E-state index contributed by atoms with van der Waals surface area (Å²) >= 11 is 0. The number of carbonyl (C=O) groups is 1. The molecule has 0 aliphatic carbocycles. The lowest BCUT2D eigenvalue weighted by atomic mass is 9.99. The molecule has 3 heteroatoms. The molecule has 2 unspecified atom stereocenters. The van der Waals surface area contributed by atoms with E-state index in [4.69, 9.17) is 0 Å². The van der Waals surface area contributed by atoms with E-state index in [0.29, 0.717) is 18.1 Å². The minimum absolute atomic E-state index is 0.271. The van der Waals surface area contributed by atoms with Gasteiger partial charge in [0.25, 0.3) is 0 Å². The maximum Gasteiger partial charge on any atom is 0.220 e. The second kappa shape index (κ2) is 6.39. The number of carbonyl (C=O) groups excluding carboxylic acids is 1. The SMILES string of the molecule is CCCCCCC(=O)NC1CC2CCC(C1)N2. The summed E-state index contributed by atoms with van der Waals surface area (Å²) in [7, 11) is 0. The van der Waals surface area contributed by atoms with Crippen molar-refractivity contribution < 1.29 is 4.79 Å². The van der Waals surface area contributed by atoms with Crippen molar-refractivity contribution in [3.8, 4) is 0 Å². The first-order valence-corrected chi connectivity index (χ1v) is 7.33. The van der Waals surface area contributed by atoms with Gasteiger partial charge in [0, 0.05) is 24.5 Å². The minimum atomic E-state index is 0.271. The van der Waals surface area contributed by atoms with Gasteiger partial charge < -0.3 is 10.6 Å². The van der Waals surface area contributed by atoms with Crippen LogP contribution in [0.2, 0.25) is 0 Å². The van der Waals surface area contributed by atoms with E-state index in [0.717, 1.165) is 25.7 Å². The molecule has 2 heterocycles.